The molecule has 0 fully saturated rings. The van der Waals surface area contributed by atoms with Gasteiger partial charge in [0.15, 0.2) is 11.6 Å². The predicted molar refractivity (Wildman–Crippen MR) is 92.0 cm³/mol. The second-order valence-electron chi connectivity index (χ2n) is 4.90. The molecule has 6 nitrogen and oxygen atoms in total. The van der Waals surface area contributed by atoms with Gasteiger partial charge in [0.2, 0.25) is 0 Å². The van der Waals surface area contributed by atoms with E-state index < -0.39 is 0 Å². The molecule has 0 atom stereocenters. The topological polar surface area (TPSA) is 72.7 Å². The lowest BCUT2D eigenvalue weighted by atomic mass is 10.2. The maximum atomic E-state index is 12.2. The molecular formula is C16H13Cl2N5O. The van der Waals surface area contributed by atoms with Crippen molar-refractivity contribution >= 4 is 29.1 Å². The predicted octanol–water partition coefficient (Wildman–Crippen LogP) is 3.08. The molecule has 0 spiro atoms. The third-order valence-electron chi connectivity index (χ3n) is 3.30. The minimum Gasteiger partial charge on any atom is -0.350 e. The maximum Gasteiger partial charge on any atom is 0.252 e. The van der Waals surface area contributed by atoms with Crippen LogP contribution in [-0.4, -0.2) is 32.0 Å². The molecule has 0 bridgehead atoms. The highest BCUT2D eigenvalue weighted by Gasteiger charge is 2.11. The summed E-state index contributed by atoms with van der Waals surface area (Å²) in [5, 5.41) is 3.63. The van der Waals surface area contributed by atoms with E-state index in [1.807, 2.05) is 10.8 Å². The van der Waals surface area contributed by atoms with Crippen molar-refractivity contribution in [3.05, 3.63) is 64.7 Å². The summed E-state index contributed by atoms with van der Waals surface area (Å²) in [4.78, 5) is 24.8. The van der Waals surface area contributed by atoms with Crippen LogP contribution in [-0.2, 0) is 6.54 Å². The van der Waals surface area contributed by atoms with E-state index in [0.29, 0.717) is 40.3 Å². The minimum atomic E-state index is -0.255. The number of carbonyl (C=O) groups excluding carboxylic acids is 1. The summed E-state index contributed by atoms with van der Waals surface area (Å²) in [6.45, 7) is 0.943. The van der Waals surface area contributed by atoms with Gasteiger partial charge < -0.3 is 9.88 Å². The molecule has 0 unspecified atom stereocenters. The van der Waals surface area contributed by atoms with Crippen LogP contribution in [0.15, 0.2) is 49.1 Å². The van der Waals surface area contributed by atoms with Crippen molar-refractivity contribution in [1.82, 2.24) is 24.8 Å². The number of nitrogens with one attached hydrogen (secondary N) is 1. The Kier molecular flexibility index (Phi) is 5.08. The van der Waals surface area contributed by atoms with Crippen LogP contribution in [0.1, 0.15) is 10.4 Å². The van der Waals surface area contributed by atoms with Crippen LogP contribution in [0.3, 0.4) is 0 Å². The number of halogens is 2. The van der Waals surface area contributed by atoms with Gasteiger partial charge in [-0.15, -0.1) is 0 Å². The molecule has 24 heavy (non-hydrogen) atoms. The summed E-state index contributed by atoms with van der Waals surface area (Å²) in [6, 6.07) is 6.51. The molecule has 3 aromatic rings. The molecule has 1 N–H and O–H groups in total. The number of aromatic nitrogens is 4. The van der Waals surface area contributed by atoms with Crippen molar-refractivity contribution in [2.24, 2.45) is 0 Å². The highest BCUT2D eigenvalue weighted by molar-refractivity contribution is 6.36. The smallest absolute Gasteiger partial charge is 0.252 e. The Balaban J connectivity index is 1.63. The zero-order chi connectivity index (χ0) is 16.9. The highest BCUT2D eigenvalue weighted by atomic mass is 35.5. The van der Waals surface area contributed by atoms with Gasteiger partial charge in [-0.3, -0.25) is 4.79 Å². The summed E-state index contributed by atoms with van der Waals surface area (Å²) in [7, 11) is 0. The molecule has 0 saturated carbocycles. The normalized spacial score (nSPS) is 10.6. The van der Waals surface area contributed by atoms with E-state index in [0.717, 1.165) is 0 Å². The Hall–Kier alpha value is -2.44. The molecule has 3 rings (SSSR count). The molecule has 0 aliphatic carbocycles. The largest absolute Gasteiger partial charge is 0.350 e. The first-order valence-corrected chi connectivity index (χ1v) is 7.92. The van der Waals surface area contributed by atoms with Gasteiger partial charge in [-0.2, -0.15) is 0 Å². The van der Waals surface area contributed by atoms with Gasteiger partial charge in [-0.25, -0.2) is 15.0 Å². The van der Waals surface area contributed by atoms with Crippen LogP contribution < -0.4 is 5.32 Å². The van der Waals surface area contributed by atoms with Crippen molar-refractivity contribution in [3.8, 4) is 11.6 Å². The number of amides is 1. The van der Waals surface area contributed by atoms with Crippen molar-refractivity contribution in [2.75, 3.05) is 6.54 Å². The Morgan fingerprint density at radius 3 is 2.67 bits per heavy atom. The molecule has 0 saturated heterocycles. The molecular weight excluding hydrogens is 349 g/mol. The SMILES string of the molecule is O=C(NCCn1ccnc1-c1ncccn1)c1ccc(Cl)cc1Cl. The van der Waals surface area contributed by atoms with Crippen LogP contribution in [0.5, 0.6) is 0 Å². The summed E-state index contributed by atoms with van der Waals surface area (Å²) >= 11 is 11.9. The van der Waals surface area contributed by atoms with Crippen molar-refractivity contribution in [2.45, 2.75) is 6.54 Å². The van der Waals surface area contributed by atoms with E-state index >= 15 is 0 Å². The summed E-state index contributed by atoms with van der Waals surface area (Å²) in [5.74, 6) is 0.929. The second-order valence-corrected chi connectivity index (χ2v) is 5.74. The van der Waals surface area contributed by atoms with E-state index in [2.05, 4.69) is 20.3 Å². The monoisotopic (exact) mass is 361 g/mol. The minimum absolute atomic E-state index is 0.255. The fraction of sp³-hybridized carbons (Fsp3) is 0.125. The van der Waals surface area contributed by atoms with Gasteiger partial charge in [0, 0.05) is 42.9 Å². The first-order chi connectivity index (χ1) is 11.6. The third kappa shape index (κ3) is 3.72. The molecule has 0 radical (unpaired) electrons. The van der Waals surface area contributed by atoms with E-state index in [9.17, 15) is 4.79 Å². The molecule has 122 valence electrons. The van der Waals surface area contributed by atoms with Gasteiger partial charge in [0.05, 0.1) is 10.6 Å². The number of hydrogen-bond donors (Lipinski definition) is 1. The number of hydrogen-bond acceptors (Lipinski definition) is 4. The summed E-state index contributed by atoms with van der Waals surface area (Å²) in [6.07, 6.45) is 6.80. The van der Waals surface area contributed by atoms with E-state index in [-0.39, 0.29) is 5.91 Å². The Labute approximate surface area is 148 Å². The molecule has 1 amide bonds. The van der Waals surface area contributed by atoms with Crippen LogP contribution in [0.4, 0.5) is 0 Å². The fourth-order valence-electron chi connectivity index (χ4n) is 2.17. The molecule has 2 heterocycles. The zero-order valence-electron chi connectivity index (χ0n) is 12.5. The van der Waals surface area contributed by atoms with E-state index in [1.54, 1.807) is 42.9 Å². The third-order valence-corrected chi connectivity index (χ3v) is 3.84. The van der Waals surface area contributed by atoms with Gasteiger partial charge in [-0.05, 0) is 24.3 Å². The first kappa shape index (κ1) is 16.4. The molecule has 0 aliphatic heterocycles. The first-order valence-electron chi connectivity index (χ1n) is 7.17. The van der Waals surface area contributed by atoms with Crippen molar-refractivity contribution in [3.63, 3.8) is 0 Å². The lowest BCUT2D eigenvalue weighted by molar-refractivity contribution is 0.0952. The van der Waals surface area contributed by atoms with E-state index in [1.165, 1.54) is 0 Å². The van der Waals surface area contributed by atoms with Crippen molar-refractivity contribution in [1.29, 1.82) is 0 Å². The van der Waals surface area contributed by atoms with Gasteiger partial charge in [0.25, 0.3) is 5.91 Å². The quantitative estimate of drug-likeness (QED) is 0.757. The van der Waals surface area contributed by atoms with Gasteiger partial charge >= 0.3 is 0 Å². The van der Waals surface area contributed by atoms with Gasteiger partial charge in [0.1, 0.15) is 0 Å². The maximum absolute atomic E-state index is 12.2. The van der Waals surface area contributed by atoms with E-state index in [4.69, 9.17) is 23.2 Å². The Bertz CT molecular complexity index is 851. The lowest BCUT2D eigenvalue weighted by Crippen LogP contribution is -2.27. The van der Waals surface area contributed by atoms with Crippen LogP contribution in [0, 0.1) is 0 Å². The average Bonchev–Trinajstić information content (AvgIpc) is 3.04. The zero-order valence-corrected chi connectivity index (χ0v) is 14.0. The highest BCUT2D eigenvalue weighted by Crippen LogP contribution is 2.20. The lowest BCUT2D eigenvalue weighted by Gasteiger charge is -2.09. The van der Waals surface area contributed by atoms with Gasteiger partial charge in [-0.1, -0.05) is 23.2 Å². The van der Waals surface area contributed by atoms with Crippen LogP contribution >= 0.6 is 23.2 Å². The molecule has 0 aliphatic rings. The molecule has 1 aromatic carbocycles. The molecule has 2 aromatic heterocycles. The van der Waals surface area contributed by atoms with Crippen molar-refractivity contribution < 1.29 is 4.79 Å². The standard InChI is InChI=1S/C16H13Cl2N5O/c17-11-2-3-12(13(18)10-11)16(24)22-7-9-23-8-6-21-15(23)14-19-4-1-5-20-14/h1-6,8,10H,7,9H2,(H,22,24). The number of carbonyl (C=O) groups is 1. The summed E-state index contributed by atoms with van der Waals surface area (Å²) in [5.41, 5.74) is 0.387. The number of imidazole rings is 1. The summed E-state index contributed by atoms with van der Waals surface area (Å²) < 4.78 is 1.87. The second kappa shape index (κ2) is 7.42. The fourth-order valence-corrected chi connectivity index (χ4v) is 2.66. The average molecular weight is 362 g/mol. The Morgan fingerprint density at radius 1 is 1.12 bits per heavy atom. The number of rotatable bonds is 5. The van der Waals surface area contributed by atoms with Crippen LogP contribution in [0.25, 0.3) is 11.6 Å². The number of nitrogens with zero attached hydrogens (tertiary/aromatic N) is 4. The van der Waals surface area contributed by atoms with Crippen LogP contribution in [0.2, 0.25) is 10.0 Å². The number of benzene rings is 1. The molecule has 8 heteroatoms. The Morgan fingerprint density at radius 2 is 1.92 bits per heavy atom.